The maximum Gasteiger partial charge on any atom is 0.255 e. The van der Waals surface area contributed by atoms with Gasteiger partial charge in [0.15, 0.2) is 11.2 Å². The Morgan fingerprint density at radius 2 is 1.70 bits per heavy atom. The largest absolute Gasteiger partial charge is 0.455 e. The van der Waals surface area contributed by atoms with Crippen LogP contribution in [-0.2, 0) is 10.0 Å². The van der Waals surface area contributed by atoms with Gasteiger partial charge in [-0.05, 0) is 80.4 Å². The number of furan rings is 1. The monoisotopic (exact) mass is 644 g/mol. The van der Waals surface area contributed by atoms with E-state index in [0.29, 0.717) is 44.8 Å². The first-order valence-corrected chi connectivity index (χ1v) is 16.2. The van der Waals surface area contributed by atoms with Gasteiger partial charge in [0.05, 0.1) is 17.5 Å². The molecule has 0 aliphatic heterocycles. The van der Waals surface area contributed by atoms with E-state index in [9.17, 15) is 22.0 Å². The van der Waals surface area contributed by atoms with Crippen LogP contribution in [-0.4, -0.2) is 49.8 Å². The van der Waals surface area contributed by atoms with Crippen LogP contribution in [0.1, 0.15) is 30.6 Å². The zero-order chi connectivity index (χ0) is 32.8. The molecule has 0 aliphatic carbocycles. The quantitative estimate of drug-likeness (QED) is 0.175. The lowest BCUT2D eigenvalue weighted by Crippen LogP contribution is -2.34. The average Bonchev–Trinajstić information content (AvgIpc) is 3.61. The van der Waals surface area contributed by atoms with Crippen molar-refractivity contribution >= 4 is 43.8 Å². The van der Waals surface area contributed by atoms with E-state index in [-0.39, 0.29) is 35.6 Å². The standard InChI is InChI=1S/C34H30F2N4O5S/c1-34(2,36)14-16-40(46(4,42)43)26-19-28-25(29(32(41)37-3)30(44-28)20-10-12-23(35)13-11-20)18-24(26)21-7-5-8-22(17-21)33-39-31-27(45-33)9-6-15-38-31/h5-13,15,17-19H,14,16H2,1-4H3,(H,37,41). The highest BCUT2D eigenvalue weighted by molar-refractivity contribution is 7.92. The number of nitrogens with zero attached hydrogens (tertiary/aromatic N) is 3. The Morgan fingerprint density at radius 1 is 0.957 bits per heavy atom. The van der Waals surface area contributed by atoms with Gasteiger partial charge in [-0.1, -0.05) is 12.1 Å². The third kappa shape index (κ3) is 6.08. The number of hydrogen-bond acceptors (Lipinski definition) is 7. The van der Waals surface area contributed by atoms with Gasteiger partial charge in [0, 0.05) is 47.9 Å². The van der Waals surface area contributed by atoms with Crippen LogP contribution in [0.4, 0.5) is 14.5 Å². The molecule has 0 atom stereocenters. The Bertz CT molecular complexity index is 2170. The van der Waals surface area contributed by atoms with Gasteiger partial charge in [-0.2, -0.15) is 4.98 Å². The molecule has 0 radical (unpaired) electrons. The Hall–Kier alpha value is -5.10. The van der Waals surface area contributed by atoms with E-state index in [0.717, 1.165) is 10.6 Å². The van der Waals surface area contributed by atoms with Crippen LogP contribution >= 0.6 is 0 Å². The van der Waals surface area contributed by atoms with Gasteiger partial charge < -0.3 is 14.2 Å². The van der Waals surface area contributed by atoms with Gasteiger partial charge in [0.2, 0.25) is 15.9 Å². The van der Waals surface area contributed by atoms with Crippen molar-refractivity contribution in [2.75, 3.05) is 24.2 Å². The van der Waals surface area contributed by atoms with Gasteiger partial charge in [-0.3, -0.25) is 9.10 Å². The van der Waals surface area contributed by atoms with E-state index in [1.54, 1.807) is 48.7 Å². The molecule has 3 aromatic carbocycles. The summed E-state index contributed by atoms with van der Waals surface area (Å²) in [4.78, 5) is 22.0. The summed E-state index contributed by atoms with van der Waals surface area (Å²) in [5, 5.41) is 3.03. The highest BCUT2D eigenvalue weighted by Crippen LogP contribution is 2.42. The molecule has 0 aliphatic rings. The van der Waals surface area contributed by atoms with Crippen molar-refractivity contribution in [2.24, 2.45) is 0 Å². The van der Waals surface area contributed by atoms with E-state index in [4.69, 9.17) is 8.83 Å². The number of nitrogens with one attached hydrogen (secondary N) is 1. The van der Waals surface area contributed by atoms with E-state index in [1.807, 2.05) is 0 Å². The molecular formula is C34H30F2N4O5S. The van der Waals surface area contributed by atoms with E-state index in [2.05, 4.69) is 15.3 Å². The summed E-state index contributed by atoms with van der Waals surface area (Å²) >= 11 is 0. The first-order chi connectivity index (χ1) is 21.8. The van der Waals surface area contributed by atoms with Gasteiger partial charge >= 0.3 is 0 Å². The van der Waals surface area contributed by atoms with Crippen LogP contribution in [0.5, 0.6) is 0 Å². The number of sulfonamides is 1. The smallest absolute Gasteiger partial charge is 0.255 e. The number of hydrogen-bond donors (Lipinski definition) is 1. The Balaban J connectivity index is 1.62. The van der Waals surface area contributed by atoms with E-state index < -0.39 is 27.4 Å². The molecule has 9 nitrogen and oxygen atoms in total. The highest BCUT2D eigenvalue weighted by Gasteiger charge is 2.29. The number of benzene rings is 3. The summed E-state index contributed by atoms with van der Waals surface area (Å²) in [5.74, 6) is -0.421. The number of carbonyl (C=O) groups is 1. The number of aromatic nitrogens is 2. The number of oxazole rings is 1. The van der Waals surface area contributed by atoms with Crippen LogP contribution in [0.3, 0.4) is 0 Å². The Morgan fingerprint density at radius 3 is 2.37 bits per heavy atom. The minimum absolute atomic E-state index is 0.0873. The van der Waals surface area contributed by atoms with Gasteiger partial charge in [0.25, 0.3) is 5.91 Å². The molecule has 0 fully saturated rings. The van der Waals surface area contributed by atoms with E-state index >= 15 is 0 Å². The minimum Gasteiger partial charge on any atom is -0.455 e. The van der Waals surface area contributed by atoms with Crippen molar-refractivity contribution in [1.82, 2.24) is 15.3 Å². The first-order valence-electron chi connectivity index (χ1n) is 14.4. The van der Waals surface area contributed by atoms with Crippen molar-refractivity contribution in [1.29, 1.82) is 0 Å². The molecule has 0 saturated heterocycles. The van der Waals surface area contributed by atoms with Crippen LogP contribution in [0.2, 0.25) is 0 Å². The number of alkyl halides is 1. The molecular weight excluding hydrogens is 614 g/mol. The molecule has 1 N–H and O–H groups in total. The van der Waals surface area contributed by atoms with Crippen molar-refractivity contribution in [3.63, 3.8) is 0 Å². The summed E-state index contributed by atoms with van der Waals surface area (Å²) in [6.07, 6.45) is 2.58. The zero-order valence-electron chi connectivity index (χ0n) is 25.5. The number of amides is 1. The topological polar surface area (TPSA) is 119 Å². The second-order valence-corrected chi connectivity index (χ2v) is 13.4. The van der Waals surface area contributed by atoms with Crippen molar-refractivity contribution < 1.29 is 30.8 Å². The fourth-order valence-corrected chi connectivity index (χ4v) is 6.20. The SMILES string of the molecule is CNC(=O)c1c(-c2ccc(F)cc2)oc2cc(N(CCC(C)(C)F)S(C)(=O)=O)c(-c3cccc(-c4nc5ncccc5o4)c3)cc12. The molecule has 0 spiro atoms. The van der Waals surface area contributed by atoms with Crippen molar-refractivity contribution in [3.8, 4) is 33.9 Å². The summed E-state index contributed by atoms with van der Waals surface area (Å²) in [7, 11) is -2.46. The third-order valence-electron chi connectivity index (χ3n) is 7.53. The van der Waals surface area contributed by atoms with Gasteiger partial charge in [-0.25, -0.2) is 22.2 Å². The number of fused-ring (bicyclic) bond motifs is 2. The number of carbonyl (C=O) groups excluding carboxylic acids is 1. The lowest BCUT2D eigenvalue weighted by atomic mass is 9.97. The zero-order valence-corrected chi connectivity index (χ0v) is 26.3. The molecule has 6 rings (SSSR count). The number of rotatable bonds is 9. The maximum absolute atomic E-state index is 14.7. The molecule has 3 heterocycles. The molecule has 236 valence electrons. The van der Waals surface area contributed by atoms with Crippen molar-refractivity contribution in [2.45, 2.75) is 25.9 Å². The Kier molecular flexibility index (Phi) is 7.85. The number of halogens is 2. The molecule has 3 aromatic heterocycles. The van der Waals surface area contributed by atoms with Crippen LogP contribution in [0.15, 0.2) is 87.8 Å². The van der Waals surface area contributed by atoms with Gasteiger partial charge in [-0.15, -0.1) is 0 Å². The predicted octanol–water partition coefficient (Wildman–Crippen LogP) is 7.37. The van der Waals surface area contributed by atoms with Gasteiger partial charge in [0.1, 0.15) is 22.8 Å². The molecule has 6 aromatic rings. The summed E-state index contributed by atoms with van der Waals surface area (Å²) in [6, 6.07) is 19.3. The molecule has 0 unspecified atom stereocenters. The molecule has 12 heteroatoms. The maximum atomic E-state index is 14.7. The lowest BCUT2D eigenvalue weighted by molar-refractivity contribution is 0.0964. The second-order valence-electron chi connectivity index (χ2n) is 11.5. The van der Waals surface area contributed by atoms with Crippen LogP contribution in [0.25, 0.3) is 56.1 Å². The summed E-state index contributed by atoms with van der Waals surface area (Å²) in [6.45, 7) is 2.60. The number of pyridine rings is 1. The lowest BCUT2D eigenvalue weighted by Gasteiger charge is -2.27. The third-order valence-corrected chi connectivity index (χ3v) is 8.71. The van der Waals surface area contributed by atoms with Crippen LogP contribution in [0, 0.1) is 5.82 Å². The normalized spacial score (nSPS) is 12.1. The van der Waals surface area contributed by atoms with Crippen molar-refractivity contribution in [3.05, 3.63) is 90.4 Å². The molecule has 1 amide bonds. The summed E-state index contributed by atoms with van der Waals surface area (Å²) in [5.41, 5.74) is 1.97. The molecule has 0 saturated carbocycles. The summed E-state index contributed by atoms with van der Waals surface area (Å²) < 4.78 is 68.3. The fraction of sp³-hybridized carbons (Fsp3) is 0.206. The molecule has 46 heavy (non-hydrogen) atoms. The van der Waals surface area contributed by atoms with Crippen LogP contribution < -0.4 is 9.62 Å². The minimum atomic E-state index is -3.94. The fourth-order valence-electron chi connectivity index (χ4n) is 5.27. The predicted molar refractivity (Wildman–Crippen MR) is 173 cm³/mol. The average molecular weight is 645 g/mol. The Labute approximate surface area is 263 Å². The number of anilines is 1. The first kappa shape index (κ1) is 30.9. The second kappa shape index (κ2) is 11.7. The van der Waals surface area contributed by atoms with E-state index in [1.165, 1.54) is 51.2 Å². The highest BCUT2D eigenvalue weighted by atomic mass is 32.2. The molecule has 0 bridgehead atoms.